The summed E-state index contributed by atoms with van der Waals surface area (Å²) in [7, 11) is -4.01. The number of hydrogen-bond donors (Lipinski definition) is 1. The van der Waals surface area contributed by atoms with E-state index in [4.69, 9.17) is 9.47 Å². The Balaban J connectivity index is 1.63. The molecule has 1 aliphatic rings. The molecular formula is C25H26N2O5S. The summed E-state index contributed by atoms with van der Waals surface area (Å²) in [6.07, 6.45) is 0. The number of carbonyl (C=O) groups excluding carboxylic acids is 1. The van der Waals surface area contributed by atoms with Crippen LogP contribution in [0.1, 0.15) is 24.1 Å². The van der Waals surface area contributed by atoms with Crippen LogP contribution in [0.25, 0.3) is 0 Å². The molecule has 0 bridgehead atoms. The zero-order valence-electron chi connectivity index (χ0n) is 18.5. The number of benzene rings is 3. The molecule has 1 heterocycles. The average molecular weight is 467 g/mol. The quantitative estimate of drug-likeness (QED) is 0.572. The minimum Gasteiger partial charge on any atom is -0.486 e. The minimum absolute atomic E-state index is 0.0965. The van der Waals surface area contributed by atoms with Crippen LogP contribution in [0.3, 0.4) is 0 Å². The predicted molar refractivity (Wildman–Crippen MR) is 126 cm³/mol. The van der Waals surface area contributed by atoms with Gasteiger partial charge in [-0.25, -0.2) is 8.42 Å². The topological polar surface area (TPSA) is 84.9 Å². The highest BCUT2D eigenvalue weighted by molar-refractivity contribution is 7.92. The number of ether oxygens (including phenoxy) is 2. The summed E-state index contributed by atoms with van der Waals surface area (Å²) in [5, 5.41) is 2.90. The first-order chi connectivity index (χ1) is 15.8. The van der Waals surface area contributed by atoms with Crippen molar-refractivity contribution in [1.29, 1.82) is 0 Å². The van der Waals surface area contributed by atoms with Gasteiger partial charge in [-0.15, -0.1) is 0 Å². The molecule has 0 aromatic heterocycles. The van der Waals surface area contributed by atoms with E-state index in [0.717, 1.165) is 15.4 Å². The fourth-order valence-corrected chi connectivity index (χ4v) is 5.01. The lowest BCUT2D eigenvalue weighted by molar-refractivity contribution is -0.120. The van der Waals surface area contributed by atoms with Crippen molar-refractivity contribution in [2.45, 2.75) is 24.8 Å². The van der Waals surface area contributed by atoms with Gasteiger partial charge in [0.2, 0.25) is 5.91 Å². The van der Waals surface area contributed by atoms with Crippen molar-refractivity contribution in [2.24, 2.45) is 0 Å². The predicted octanol–water partition coefficient (Wildman–Crippen LogP) is 3.84. The van der Waals surface area contributed by atoms with Gasteiger partial charge in [0, 0.05) is 6.07 Å². The van der Waals surface area contributed by atoms with Gasteiger partial charge >= 0.3 is 0 Å². The van der Waals surface area contributed by atoms with Gasteiger partial charge in [0.15, 0.2) is 11.5 Å². The molecule has 0 radical (unpaired) electrons. The zero-order valence-corrected chi connectivity index (χ0v) is 19.3. The fourth-order valence-electron chi connectivity index (χ4n) is 3.58. The second-order valence-corrected chi connectivity index (χ2v) is 9.71. The molecule has 0 spiro atoms. The molecule has 3 aromatic rings. The van der Waals surface area contributed by atoms with Gasteiger partial charge in [-0.2, -0.15) is 0 Å². The summed E-state index contributed by atoms with van der Waals surface area (Å²) in [5.74, 6) is 0.567. The highest BCUT2D eigenvalue weighted by Crippen LogP contribution is 2.35. The molecule has 3 aromatic carbocycles. The number of hydrogen-bond acceptors (Lipinski definition) is 5. The zero-order chi connectivity index (χ0) is 23.4. The molecule has 33 heavy (non-hydrogen) atoms. The van der Waals surface area contributed by atoms with E-state index >= 15 is 0 Å². The summed E-state index contributed by atoms with van der Waals surface area (Å²) in [6, 6.07) is 20.5. The number of fused-ring (bicyclic) bond motifs is 1. The Hall–Kier alpha value is -3.52. The number of sulfonamides is 1. The first-order valence-corrected chi connectivity index (χ1v) is 12.1. The van der Waals surface area contributed by atoms with Crippen LogP contribution in [0, 0.1) is 6.92 Å². The van der Waals surface area contributed by atoms with Gasteiger partial charge in [0.25, 0.3) is 10.0 Å². The van der Waals surface area contributed by atoms with Crippen LogP contribution in [-0.2, 0) is 14.8 Å². The highest BCUT2D eigenvalue weighted by atomic mass is 32.2. The van der Waals surface area contributed by atoms with Gasteiger partial charge in [0.05, 0.1) is 16.6 Å². The molecule has 0 aliphatic carbocycles. The van der Waals surface area contributed by atoms with Crippen molar-refractivity contribution < 1.29 is 22.7 Å². The van der Waals surface area contributed by atoms with Gasteiger partial charge < -0.3 is 14.8 Å². The van der Waals surface area contributed by atoms with Crippen LogP contribution in [0.15, 0.2) is 77.7 Å². The molecular weight excluding hydrogens is 440 g/mol. The smallest absolute Gasteiger partial charge is 0.264 e. The molecule has 0 saturated carbocycles. The lowest BCUT2D eigenvalue weighted by atomic mass is 10.1. The lowest BCUT2D eigenvalue weighted by Gasteiger charge is -2.27. The third kappa shape index (κ3) is 5.12. The Bertz CT molecular complexity index is 1230. The SMILES string of the molecule is Cc1ccc([C@@H](C)NC(=O)CN(c2ccc3c(c2)OCCO3)S(=O)(=O)c2ccccc2)cc1. The molecule has 7 nitrogen and oxygen atoms in total. The van der Waals surface area contributed by atoms with Crippen LogP contribution in [-0.4, -0.2) is 34.1 Å². The normalized spacial score (nSPS) is 13.8. The van der Waals surface area contributed by atoms with Gasteiger partial charge in [-0.3, -0.25) is 9.10 Å². The number of amides is 1. The maximum atomic E-state index is 13.5. The van der Waals surface area contributed by atoms with E-state index < -0.39 is 15.9 Å². The molecule has 8 heteroatoms. The standard InChI is InChI=1S/C25H26N2O5S/c1-18-8-10-20(11-9-18)19(2)26-25(28)17-27(33(29,30)22-6-4-3-5-7-22)21-12-13-23-24(16-21)32-15-14-31-23/h3-13,16,19H,14-15,17H2,1-2H3,(H,26,28)/t19-/m1/s1. The minimum atomic E-state index is -4.01. The van der Waals surface area contributed by atoms with Gasteiger partial charge in [0.1, 0.15) is 19.8 Å². The molecule has 1 atom stereocenters. The van der Waals surface area contributed by atoms with E-state index in [-0.39, 0.29) is 17.5 Å². The maximum absolute atomic E-state index is 13.5. The van der Waals surface area contributed by atoms with E-state index in [1.54, 1.807) is 36.4 Å². The van der Waals surface area contributed by atoms with Crippen molar-refractivity contribution in [3.8, 4) is 11.5 Å². The van der Waals surface area contributed by atoms with E-state index in [1.165, 1.54) is 12.1 Å². The first-order valence-electron chi connectivity index (χ1n) is 10.7. The van der Waals surface area contributed by atoms with Gasteiger partial charge in [-0.1, -0.05) is 48.0 Å². The molecule has 0 saturated heterocycles. The van der Waals surface area contributed by atoms with E-state index in [1.807, 2.05) is 38.1 Å². The fraction of sp³-hybridized carbons (Fsp3) is 0.240. The number of nitrogens with one attached hydrogen (secondary N) is 1. The summed E-state index contributed by atoms with van der Waals surface area (Å²) < 4.78 is 39.3. The van der Waals surface area contributed by atoms with Crippen LogP contribution in [0.5, 0.6) is 11.5 Å². The molecule has 0 unspecified atom stereocenters. The van der Waals surface area contributed by atoms with Crippen molar-refractivity contribution in [1.82, 2.24) is 5.32 Å². The van der Waals surface area contributed by atoms with Crippen LogP contribution < -0.4 is 19.1 Å². The highest BCUT2D eigenvalue weighted by Gasteiger charge is 2.29. The van der Waals surface area contributed by atoms with E-state index in [2.05, 4.69) is 5.32 Å². The largest absolute Gasteiger partial charge is 0.486 e. The van der Waals surface area contributed by atoms with Crippen molar-refractivity contribution in [3.63, 3.8) is 0 Å². The third-order valence-electron chi connectivity index (χ3n) is 5.39. The Labute approximate surface area is 194 Å². The van der Waals surface area contributed by atoms with Crippen molar-refractivity contribution in [3.05, 3.63) is 83.9 Å². The molecule has 172 valence electrons. The van der Waals surface area contributed by atoms with Crippen LogP contribution in [0.4, 0.5) is 5.69 Å². The molecule has 4 rings (SSSR count). The first kappa shape index (κ1) is 22.7. The Morgan fingerprint density at radius 3 is 2.33 bits per heavy atom. The Morgan fingerprint density at radius 2 is 1.64 bits per heavy atom. The number of nitrogens with zero attached hydrogens (tertiary/aromatic N) is 1. The van der Waals surface area contributed by atoms with Crippen molar-refractivity contribution >= 4 is 21.6 Å². The summed E-state index contributed by atoms with van der Waals surface area (Å²) >= 11 is 0. The Kier molecular flexibility index (Phi) is 6.55. The summed E-state index contributed by atoms with van der Waals surface area (Å²) in [4.78, 5) is 13.1. The van der Waals surface area contributed by atoms with Crippen LogP contribution >= 0.6 is 0 Å². The Morgan fingerprint density at radius 1 is 0.970 bits per heavy atom. The number of aryl methyl sites for hydroxylation is 1. The second kappa shape index (κ2) is 9.54. The summed E-state index contributed by atoms with van der Waals surface area (Å²) in [6.45, 7) is 4.27. The third-order valence-corrected chi connectivity index (χ3v) is 7.18. The average Bonchev–Trinajstić information content (AvgIpc) is 2.83. The maximum Gasteiger partial charge on any atom is 0.264 e. The van der Waals surface area contributed by atoms with Crippen LogP contribution in [0.2, 0.25) is 0 Å². The molecule has 1 amide bonds. The number of rotatable bonds is 7. The lowest BCUT2D eigenvalue weighted by Crippen LogP contribution is -2.41. The second-order valence-electron chi connectivity index (χ2n) is 7.85. The molecule has 1 aliphatic heterocycles. The van der Waals surface area contributed by atoms with Crippen molar-refractivity contribution in [2.75, 3.05) is 24.1 Å². The summed E-state index contributed by atoms with van der Waals surface area (Å²) in [5.41, 5.74) is 2.38. The van der Waals surface area contributed by atoms with Gasteiger partial charge in [-0.05, 0) is 43.7 Å². The molecule has 1 N–H and O–H groups in total. The molecule has 0 fully saturated rings. The van der Waals surface area contributed by atoms with E-state index in [0.29, 0.717) is 30.4 Å². The number of carbonyl (C=O) groups is 1. The number of anilines is 1. The monoisotopic (exact) mass is 466 g/mol. The van der Waals surface area contributed by atoms with E-state index in [9.17, 15) is 13.2 Å².